The molecule has 4 rings (SSSR count). The average molecular weight is 434 g/mol. The highest BCUT2D eigenvalue weighted by Gasteiger charge is 2.21. The van der Waals surface area contributed by atoms with Gasteiger partial charge in [-0.3, -0.25) is 4.79 Å². The topological polar surface area (TPSA) is 80.7 Å². The number of methoxy groups -OCH3 is 2. The van der Waals surface area contributed by atoms with Gasteiger partial charge in [-0.15, -0.1) is 10.2 Å². The second-order valence-electron chi connectivity index (χ2n) is 7.62. The van der Waals surface area contributed by atoms with Gasteiger partial charge in [0.2, 0.25) is 11.9 Å². The van der Waals surface area contributed by atoms with Crippen LogP contribution in [0.4, 0.5) is 5.95 Å². The summed E-state index contributed by atoms with van der Waals surface area (Å²) in [4.78, 5) is 20.7. The lowest BCUT2D eigenvalue weighted by Gasteiger charge is -2.22. The molecule has 0 unspecified atom stereocenters. The van der Waals surface area contributed by atoms with E-state index in [2.05, 4.69) is 15.1 Å². The van der Waals surface area contributed by atoms with Crippen LogP contribution >= 0.6 is 0 Å². The molecule has 0 aliphatic carbocycles. The van der Waals surface area contributed by atoms with Crippen LogP contribution in [0.15, 0.2) is 48.5 Å². The maximum Gasteiger partial charge on any atom is 0.246 e. The Balaban J connectivity index is 1.77. The summed E-state index contributed by atoms with van der Waals surface area (Å²) in [5.74, 6) is 2.13. The zero-order valence-electron chi connectivity index (χ0n) is 18.6. The summed E-state index contributed by atoms with van der Waals surface area (Å²) in [6.07, 6.45) is 0.856. The highest BCUT2D eigenvalue weighted by Crippen LogP contribution is 2.33. The molecule has 8 nitrogen and oxygen atoms in total. The third-order valence-corrected chi connectivity index (χ3v) is 5.59. The molecular weight excluding hydrogens is 406 g/mol. The SMILES string of the molecule is COc1cccc(-c2nnc(N3CCCN(C(C)=O)CC3)nc2-c2cccc(OC)c2)c1. The standard InChI is InChI=1S/C24H27N5O3/c1-17(30)28-11-6-12-29(14-13-28)24-25-22(18-7-4-9-20(15-18)31-2)23(26-27-24)19-8-5-10-21(16-19)32-3/h4-5,7-10,15-16H,6,11-14H2,1-3H3. The van der Waals surface area contributed by atoms with Crippen molar-refractivity contribution in [3.63, 3.8) is 0 Å². The van der Waals surface area contributed by atoms with E-state index in [0.717, 1.165) is 47.8 Å². The molecule has 8 heteroatoms. The van der Waals surface area contributed by atoms with E-state index in [1.807, 2.05) is 53.4 Å². The highest BCUT2D eigenvalue weighted by atomic mass is 16.5. The highest BCUT2D eigenvalue weighted by molar-refractivity contribution is 5.79. The predicted molar refractivity (Wildman–Crippen MR) is 123 cm³/mol. The van der Waals surface area contributed by atoms with Crippen molar-refractivity contribution in [1.82, 2.24) is 20.1 Å². The maximum absolute atomic E-state index is 11.8. The number of benzene rings is 2. The zero-order valence-corrected chi connectivity index (χ0v) is 18.6. The molecule has 1 fully saturated rings. The third kappa shape index (κ3) is 4.64. The van der Waals surface area contributed by atoms with Gasteiger partial charge < -0.3 is 19.3 Å². The molecule has 1 aliphatic rings. The van der Waals surface area contributed by atoms with Crippen LogP contribution in [0.2, 0.25) is 0 Å². The second-order valence-corrected chi connectivity index (χ2v) is 7.62. The lowest BCUT2D eigenvalue weighted by molar-refractivity contribution is -0.128. The van der Waals surface area contributed by atoms with E-state index < -0.39 is 0 Å². The van der Waals surface area contributed by atoms with Crippen molar-refractivity contribution >= 4 is 11.9 Å². The van der Waals surface area contributed by atoms with Crippen LogP contribution < -0.4 is 14.4 Å². The molecular formula is C24H27N5O3. The van der Waals surface area contributed by atoms with Gasteiger partial charge in [0, 0.05) is 44.2 Å². The predicted octanol–water partition coefficient (Wildman–Crippen LogP) is 3.28. The van der Waals surface area contributed by atoms with Gasteiger partial charge in [0.1, 0.15) is 22.9 Å². The molecule has 1 amide bonds. The number of hydrogen-bond acceptors (Lipinski definition) is 7. The Kier molecular flexibility index (Phi) is 6.49. The van der Waals surface area contributed by atoms with E-state index in [1.54, 1.807) is 21.1 Å². The Morgan fingerprint density at radius 2 is 1.50 bits per heavy atom. The van der Waals surface area contributed by atoms with Crippen molar-refractivity contribution in [1.29, 1.82) is 0 Å². The quantitative estimate of drug-likeness (QED) is 0.611. The van der Waals surface area contributed by atoms with Crippen molar-refractivity contribution < 1.29 is 14.3 Å². The minimum absolute atomic E-state index is 0.0938. The summed E-state index contributed by atoms with van der Waals surface area (Å²) in [5.41, 5.74) is 3.14. The molecule has 166 valence electrons. The molecule has 0 spiro atoms. The van der Waals surface area contributed by atoms with Crippen LogP contribution in [0.25, 0.3) is 22.5 Å². The monoisotopic (exact) mass is 433 g/mol. The van der Waals surface area contributed by atoms with Gasteiger partial charge in [-0.05, 0) is 30.7 Å². The van der Waals surface area contributed by atoms with E-state index in [9.17, 15) is 4.79 Å². The minimum Gasteiger partial charge on any atom is -0.497 e. The first-order valence-corrected chi connectivity index (χ1v) is 10.6. The molecule has 0 bridgehead atoms. The third-order valence-electron chi connectivity index (χ3n) is 5.59. The van der Waals surface area contributed by atoms with Gasteiger partial charge >= 0.3 is 0 Å². The van der Waals surface area contributed by atoms with Crippen molar-refractivity contribution in [2.24, 2.45) is 0 Å². The van der Waals surface area contributed by atoms with Gasteiger partial charge in [-0.25, -0.2) is 4.98 Å². The zero-order chi connectivity index (χ0) is 22.5. The molecule has 2 heterocycles. The molecule has 32 heavy (non-hydrogen) atoms. The molecule has 1 saturated heterocycles. The first kappa shape index (κ1) is 21.5. The van der Waals surface area contributed by atoms with E-state index >= 15 is 0 Å². The lowest BCUT2D eigenvalue weighted by Crippen LogP contribution is -2.34. The summed E-state index contributed by atoms with van der Waals surface area (Å²) < 4.78 is 10.8. The van der Waals surface area contributed by atoms with Crippen LogP contribution in [0.1, 0.15) is 13.3 Å². The fourth-order valence-corrected chi connectivity index (χ4v) is 3.82. The summed E-state index contributed by atoms with van der Waals surface area (Å²) >= 11 is 0. The number of hydrogen-bond donors (Lipinski definition) is 0. The van der Waals surface area contributed by atoms with Crippen LogP contribution in [0.5, 0.6) is 11.5 Å². The van der Waals surface area contributed by atoms with Crippen molar-refractivity contribution in [3.05, 3.63) is 48.5 Å². The minimum atomic E-state index is 0.0938. The van der Waals surface area contributed by atoms with Gasteiger partial charge in [-0.1, -0.05) is 24.3 Å². The number of nitrogens with zero attached hydrogens (tertiary/aromatic N) is 5. The molecule has 1 aliphatic heterocycles. The van der Waals surface area contributed by atoms with E-state index in [4.69, 9.17) is 14.5 Å². The van der Waals surface area contributed by atoms with Gasteiger partial charge in [-0.2, -0.15) is 0 Å². The van der Waals surface area contributed by atoms with Gasteiger partial charge in [0.05, 0.1) is 14.2 Å². The first-order chi connectivity index (χ1) is 15.6. The van der Waals surface area contributed by atoms with E-state index in [-0.39, 0.29) is 5.91 Å². The average Bonchev–Trinajstić information content (AvgIpc) is 3.10. The normalized spacial score (nSPS) is 14.1. The molecule has 1 aromatic heterocycles. The van der Waals surface area contributed by atoms with Crippen LogP contribution in [0.3, 0.4) is 0 Å². The Labute approximate surface area is 187 Å². The molecule has 3 aromatic rings. The second kappa shape index (κ2) is 9.64. The van der Waals surface area contributed by atoms with Crippen molar-refractivity contribution in [2.75, 3.05) is 45.3 Å². The Hall–Kier alpha value is -3.68. The van der Waals surface area contributed by atoms with Crippen molar-refractivity contribution in [2.45, 2.75) is 13.3 Å². The smallest absolute Gasteiger partial charge is 0.246 e. The number of anilines is 1. The number of aromatic nitrogens is 3. The van der Waals surface area contributed by atoms with Gasteiger partial charge in [0.25, 0.3) is 0 Å². The molecule has 0 saturated carbocycles. The Bertz CT molecular complexity index is 1100. The summed E-state index contributed by atoms with van der Waals surface area (Å²) in [6.45, 7) is 4.42. The molecule has 2 aromatic carbocycles. The van der Waals surface area contributed by atoms with Crippen LogP contribution in [-0.4, -0.2) is 66.4 Å². The number of rotatable bonds is 5. The summed E-state index contributed by atoms with van der Waals surface area (Å²) in [6, 6.07) is 15.5. The van der Waals surface area contributed by atoms with Gasteiger partial charge in [0.15, 0.2) is 0 Å². The van der Waals surface area contributed by atoms with Crippen LogP contribution in [-0.2, 0) is 4.79 Å². The van der Waals surface area contributed by atoms with Crippen molar-refractivity contribution in [3.8, 4) is 34.0 Å². The van der Waals surface area contributed by atoms with Crippen LogP contribution in [0, 0.1) is 0 Å². The summed E-state index contributed by atoms with van der Waals surface area (Å²) in [5, 5.41) is 9.05. The fourth-order valence-electron chi connectivity index (χ4n) is 3.82. The Morgan fingerprint density at radius 3 is 2.12 bits per heavy atom. The lowest BCUT2D eigenvalue weighted by atomic mass is 10.0. The first-order valence-electron chi connectivity index (χ1n) is 10.6. The fraction of sp³-hybridized carbons (Fsp3) is 0.333. The molecule has 0 N–H and O–H groups in total. The summed E-state index contributed by atoms with van der Waals surface area (Å²) in [7, 11) is 3.28. The van der Waals surface area contributed by atoms with E-state index in [0.29, 0.717) is 24.7 Å². The number of amides is 1. The Morgan fingerprint density at radius 1 is 0.844 bits per heavy atom. The maximum atomic E-state index is 11.8. The van der Waals surface area contributed by atoms with E-state index in [1.165, 1.54) is 0 Å². The number of carbonyl (C=O) groups is 1. The number of ether oxygens (including phenoxy) is 2. The number of carbonyl (C=O) groups excluding carboxylic acids is 1. The largest absolute Gasteiger partial charge is 0.497 e. The molecule has 0 atom stereocenters. The molecule has 0 radical (unpaired) electrons.